The number of nitrogens with zero attached hydrogens (tertiary/aromatic N) is 3. The summed E-state index contributed by atoms with van der Waals surface area (Å²) in [4.78, 5) is 0. The lowest BCUT2D eigenvalue weighted by Gasteiger charge is -2.33. The number of aliphatic hydroxyl groups excluding tert-OH is 1. The van der Waals surface area contributed by atoms with Gasteiger partial charge in [-0.25, -0.2) is 4.68 Å². The number of hydrogen-bond donors (Lipinski definition) is 1. The van der Waals surface area contributed by atoms with Crippen LogP contribution in [0.2, 0.25) is 0 Å². The maximum atomic E-state index is 8.81. The Labute approximate surface area is 71.2 Å². The van der Waals surface area contributed by atoms with Gasteiger partial charge in [0.25, 0.3) is 0 Å². The summed E-state index contributed by atoms with van der Waals surface area (Å²) in [6.45, 7) is 2.25. The minimum Gasteiger partial charge on any atom is -0.396 e. The number of aryl methyl sites for hydroxylation is 1. The van der Waals surface area contributed by atoms with Crippen LogP contribution in [0.3, 0.4) is 0 Å². The Morgan fingerprint density at radius 1 is 1.67 bits per heavy atom. The van der Waals surface area contributed by atoms with Crippen LogP contribution in [0, 0.1) is 12.8 Å². The topological polar surface area (TPSA) is 50.9 Å². The third kappa shape index (κ3) is 1.22. The van der Waals surface area contributed by atoms with Crippen LogP contribution < -0.4 is 0 Å². The first kappa shape index (κ1) is 7.73. The predicted molar refractivity (Wildman–Crippen MR) is 43.6 cm³/mol. The maximum Gasteiger partial charge on any atom is 0.0796 e. The molecule has 1 saturated carbocycles. The predicted octanol–water partition coefficient (Wildman–Crippen LogP) is 0.530. The summed E-state index contributed by atoms with van der Waals surface area (Å²) in [5.74, 6) is 0.486. The average molecular weight is 167 g/mol. The van der Waals surface area contributed by atoms with Crippen LogP contribution in [0.1, 0.15) is 24.6 Å². The van der Waals surface area contributed by atoms with Crippen molar-refractivity contribution in [1.29, 1.82) is 0 Å². The highest BCUT2D eigenvalue weighted by Crippen LogP contribution is 2.36. The van der Waals surface area contributed by atoms with Crippen molar-refractivity contribution < 1.29 is 5.11 Å². The fourth-order valence-corrected chi connectivity index (χ4v) is 1.61. The van der Waals surface area contributed by atoms with Crippen molar-refractivity contribution in [2.24, 2.45) is 5.92 Å². The Hall–Kier alpha value is -0.900. The summed E-state index contributed by atoms with van der Waals surface area (Å²) >= 11 is 0. The van der Waals surface area contributed by atoms with Crippen molar-refractivity contribution in [3.8, 4) is 0 Å². The third-order valence-electron chi connectivity index (χ3n) is 2.47. The van der Waals surface area contributed by atoms with E-state index < -0.39 is 0 Å². The molecule has 4 heteroatoms. The lowest BCUT2D eigenvalue weighted by molar-refractivity contribution is 0.104. The molecular formula is C8H13N3O. The zero-order valence-electron chi connectivity index (χ0n) is 7.14. The van der Waals surface area contributed by atoms with Crippen LogP contribution >= 0.6 is 0 Å². The van der Waals surface area contributed by atoms with E-state index in [1.807, 2.05) is 17.8 Å². The van der Waals surface area contributed by atoms with E-state index in [0.29, 0.717) is 18.6 Å². The molecule has 2 rings (SSSR count). The molecular weight excluding hydrogens is 154 g/mol. The summed E-state index contributed by atoms with van der Waals surface area (Å²) in [5, 5.41) is 16.7. The Balaban J connectivity index is 1.96. The quantitative estimate of drug-likeness (QED) is 0.699. The van der Waals surface area contributed by atoms with Crippen molar-refractivity contribution >= 4 is 0 Å². The van der Waals surface area contributed by atoms with Gasteiger partial charge >= 0.3 is 0 Å². The van der Waals surface area contributed by atoms with Gasteiger partial charge in [0.1, 0.15) is 0 Å². The lowest BCUT2D eigenvalue weighted by atomic mass is 9.81. The van der Waals surface area contributed by atoms with Crippen molar-refractivity contribution in [3.63, 3.8) is 0 Å². The second kappa shape index (κ2) is 2.86. The van der Waals surface area contributed by atoms with Crippen molar-refractivity contribution in [3.05, 3.63) is 11.9 Å². The second-order valence-corrected chi connectivity index (χ2v) is 3.51. The SMILES string of the molecule is Cc1cn(C2CC(CO)C2)nn1. The van der Waals surface area contributed by atoms with Gasteiger partial charge in [-0.2, -0.15) is 0 Å². The fourth-order valence-electron chi connectivity index (χ4n) is 1.61. The van der Waals surface area contributed by atoms with Gasteiger partial charge in [0, 0.05) is 12.8 Å². The van der Waals surface area contributed by atoms with E-state index in [1.54, 1.807) is 0 Å². The molecule has 0 bridgehead atoms. The summed E-state index contributed by atoms with van der Waals surface area (Å²) in [6.07, 6.45) is 4.04. The highest BCUT2D eigenvalue weighted by molar-refractivity contribution is 4.92. The van der Waals surface area contributed by atoms with Gasteiger partial charge in [-0.3, -0.25) is 0 Å². The summed E-state index contributed by atoms with van der Waals surface area (Å²) < 4.78 is 1.90. The normalized spacial score (nSPS) is 28.5. The highest BCUT2D eigenvalue weighted by atomic mass is 16.3. The molecule has 0 spiro atoms. The monoisotopic (exact) mass is 167 g/mol. The van der Waals surface area contributed by atoms with Gasteiger partial charge in [0.2, 0.25) is 0 Å². The Bertz CT molecular complexity index is 265. The molecule has 1 aliphatic rings. The Kier molecular flexibility index (Phi) is 1.84. The molecule has 0 radical (unpaired) electrons. The largest absolute Gasteiger partial charge is 0.396 e. The summed E-state index contributed by atoms with van der Waals surface area (Å²) in [6, 6.07) is 0.475. The van der Waals surface area contributed by atoms with Crippen LogP contribution in [0.15, 0.2) is 6.20 Å². The number of hydrogen-bond acceptors (Lipinski definition) is 3. The van der Waals surface area contributed by atoms with E-state index in [1.165, 1.54) is 0 Å². The highest BCUT2D eigenvalue weighted by Gasteiger charge is 2.30. The maximum absolute atomic E-state index is 8.81. The first-order valence-electron chi connectivity index (χ1n) is 4.29. The molecule has 66 valence electrons. The van der Waals surface area contributed by atoms with Crippen molar-refractivity contribution in [1.82, 2.24) is 15.0 Å². The molecule has 0 aliphatic heterocycles. The average Bonchev–Trinajstić information content (AvgIpc) is 2.34. The van der Waals surface area contributed by atoms with Gasteiger partial charge in [-0.1, -0.05) is 5.21 Å². The van der Waals surface area contributed by atoms with Gasteiger partial charge in [-0.15, -0.1) is 5.10 Å². The van der Waals surface area contributed by atoms with Gasteiger partial charge in [0.05, 0.1) is 11.7 Å². The zero-order chi connectivity index (χ0) is 8.55. The molecule has 0 unspecified atom stereocenters. The molecule has 1 aromatic rings. The minimum atomic E-state index is 0.310. The first-order valence-corrected chi connectivity index (χ1v) is 4.29. The van der Waals surface area contributed by atoms with E-state index in [9.17, 15) is 0 Å². The van der Waals surface area contributed by atoms with Crippen LogP contribution in [-0.2, 0) is 0 Å². The van der Waals surface area contributed by atoms with E-state index in [0.717, 1.165) is 18.5 Å². The molecule has 1 N–H and O–H groups in total. The Morgan fingerprint density at radius 3 is 2.92 bits per heavy atom. The molecule has 1 fully saturated rings. The van der Waals surface area contributed by atoms with Crippen LogP contribution in [0.25, 0.3) is 0 Å². The van der Waals surface area contributed by atoms with Crippen LogP contribution in [-0.4, -0.2) is 26.7 Å². The second-order valence-electron chi connectivity index (χ2n) is 3.51. The van der Waals surface area contributed by atoms with E-state index in [-0.39, 0.29) is 0 Å². The van der Waals surface area contributed by atoms with Crippen LogP contribution in [0.5, 0.6) is 0 Å². The van der Waals surface area contributed by atoms with E-state index in [4.69, 9.17) is 5.11 Å². The minimum absolute atomic E-state index is 0.310. The molecule has 1 aliphatic carbocycles. The smallest absolute Gasteiger partial charge is 0.0796 e. The fraction of sp³-hybridized carbons (Fsp3) is 0.750. The summed E-state index contributed by atoms with van der Waals surface area (Å²) in [7, 11) is 0. The molecule has 12 heavy (non-hydrogen) atoms. The van der Waals surface area contributed by atoms with E-state index >= 15 is 0 Å². The molecule has 0 amide bonds. The lowest BCUT2D eigenvalue weighted by Crippen LogP contribution is -2.29. The molecule has 1 heterocycles. The van der Waals surface area contributed by atoms with E-state index in [2.05, 4.69) is 10.3 Å². The Morgan fingerprint density at radius 2 is 2.42 bits per heavy atom. The number of aliphatic hydroxyl groups is 1. The van der Waals surface area contributed by atoms with Gasteiger partial charge < -0.3 is 5.11 Å². The van der Waals surface area contributed by atoms with Crippen LogP contribution in [0.4, 0.5) is 0 Å². The summed E-state index contributed by atoms with van der Waals surface area (Å²) in [5.41, 5.74) is 0.961. The first-order chi connectivity index (χ1) is 5.79. The van der Waals surface area contributed by atoms with Gasteiger partial charge in [-0.05, 0) is 25.7 Å². The molecule has 0 atom stereocenters. The molecule has 0 aromatic carbocycles. The number of rotatable bonds is 2. The number of aromatic nitrogens is 3. The van der Waals surface area contributed by atoms with Crippen molar-refractivity contribution in [2.75, 3.05) is 6.61 Å². The van der Waals surface area contributed by atoms with Gasteiger partial charge in [0.15, 0.2) is 0 Å². The molecule has 1 aromatic heterocycles. The standard InChI is InChI=1S/C8H13N3O/c1-6-4-11(10-9-6)8-2-7(3-8)5-12/h4,7-8,12H,2-3,5H2,1H3. The molecule has 0 saturated heterocycles. The van der Waals surface area contributed by atoms with Crippen molar-refractivity contribution in [2.45, 2.75) is 25.8 Å². The third-order valence-corrected chi connectivity index (χ3v) is 2.47. The zero-order valence-corrected chi connectivity index (χ0v) is 7.14. The molecule has 4 nitrogen and oxygen atoms in total.